The van der Waals surface area contributed by atoms with Crippen LogP contribution in [0.15, 0.2) is 46.9 Å². The van der Waals surface area contributed by atoms with E-state index in [0.29, 0.717) is 5.92 Å². The molecule has 1 atom stereocenters. The Morgan fingerprint density at radius 2 is 2.05 bits per heavy atom. The van der Waals surface area contributed by atoms with Crippen LogP contribution in [0, 0.1) is 5.82 Å². The predicted molar refractivity (Wildman–Crippen MR) is 78.7 cm³/mol. The van der Waals surface area contributed by atoms with E-state index in [0.717, 1.165) is 29.5 Å². The van der Waals surface area contributed by atoms with Crippen LogP contribution in [0.4, 0.5) is 4.39 Å². The average Bonchev–Trinajstić information content (AvgIpc) is 2.37. The third-order valence-corrected chi connectivity index (χ3v) is 4.42. The SMILES string of the molecule is Fc1ccc(CNCC2Cc3ccccc32)c(Br)c1. The molecule has 0 fully saturated rings. The number of fused-ring (bicyclic) bond motifs is 1. The van der Waals surface area contributed by atoms with E-state index in [9.17, 15) is 4.39 Å². The van der Waals surface area contributed by atoms with Crippen molar-refractivity contribution in [1.29, 1.82) is 0 Å². The zero-order valence-corrected chi connectivity index (χ0v) is 12.1. The molecule has 0 aliphatic heterocycles. The zero-order valence-electron chi connectivity index (χ0n) is 10.5. The van der Waals surface area contributed by atoms with E-state index in [1.807, 2.05) is 6.07 Å². The molecule has 1 unspecified atom stereocenters. The molecule has 0 spiro atoms. The van der Waals surface area contributed by atoms with Crippen molar-refractivity contribution in [2.75, 3.05) is 6.54 Å². The molecular formula is C16H15BrFN. The van der Waals surface area contributed by atoms with Gasteiger partial charge in [-0.3, -0.25) is 0 Å². The highest BCUT2D eigenvalue weighted by atomic mass is 79.9. The van der Waals surface area contributed by atoms with Gasteiger partial charge in [-0.25, -0.2) is 4.39 Å². The quantitative estimate of drug-likeness (QED) is 0.897. The first-order valence-electron chi connectivity index (χ1n) is 6.46. The van der Waals surface area contributed by atoms with Crippen molar-refractivity contribution in [2.45, 2.75) is 18.9 Å². The Hall–Kier alpha value is -1.19. The molecule has 1 aliphatic carbocycles. The normalized spacial score (nSPS) is 16.8. The van der Waals surface area contributed by atoms with Gasteiger partial charge in [0.15, 0.2) is 0 Å². The van der Waals surface area contributed by atoms with Crippen LogP contribution in [0.3, 0.4) is 0 Å². The van der Waals surface area contributed by atoms with E-state index < -0.39 is 0 Å². The topological polar surface area (TPSA) is 12.0 Å². The highest BCUT2D eigenvalue weighted by Crippen LogP contribution is 2.34. The van der Waals surface area contributed by atoms with Crippen LogP contribution in [-0.2, 0) is 13.0 Å². The largest absolute Gasteiger partial charge is 0.312 e. The number of benzene rings is 2. The molecule has 1 aliphatic rings. The number of hydrogen-bond donors (Lipinski definition) is 1. The van der Waals surface area contributed by atoms with E-state index in [1.54, 1.807) is 0 Å². The summed E-state index contributed by atoms with van der Waals surface area (Å²) in [6, 6.07) is 13.4. The highest BCUT2D eigenvalue weighted by molar-refractivity contribution is 9.10. The molecular weight excluding hydrogens is 305 g/mol. The minimum Gasteiger partial charge on any atom is -0.312 e. The van der Waals surface area contributed by atoms with Crippen LogP contribution in [-0.4, -0.2) is 6.54 Å². The molecule has 0 aromatic heterocycles. The number of rotatable bonds is 4. The van der Waals surface area contributed by atoms with Gasteiger partial charge in [-0.2, -0.15) is 0 Å². The third kappa shape index (κ3) is 2.72. The maximum Gasteiger partial charge on any atom is 0.124 e. The van der Waals surface area contributed by atoms with Gasteiger partial charge in [-0.05, 0) is 35.2 Å². The molecule has 19 heavy (non-hydrogen) atoms. The summed E-state index contributed by atoms with van der Waals surface area (Å²) >= 11 is 3.39. The van der Waals surface area contributed by atoms with Crippen LogP contribution in [0.5, 0.6) is 0 Å². The Morgan fingerprint density at radius 1 is 1.21 bits per heavy atom. The minimum atomic E-state index is -0.205. The van der Waals surface area contributed by atoms with Gasteiger partial charge in [0.05, 0.1) is 0 Å². The number of nitrogens with one attached hydrogen (secondary N) is 1. The van der Waals surface area contributed by atoms with Crippen molar-refractivity contribution in [3.05, 3.63) is 69.4 Å². The summed E-state index contributed by atoms with van der Waals surface area (Å²) < 4.78 is 13.8. The summed E-state index contributed by atoms with van der Waals surface area (Å²) in [5, 5.41) is 3.45. The van der Waals surface area contributed by atoms with Crippen LogP contribution in [0.25, 0.3) is 0 Å². The number of hydrogen-bond acceptors (Lipinski definition) is 1. The van der Waals surface area contributed by atoms with Crippen LogP contribution < -0.4 is 5.32 Å². The van der Waals surface area contributed by atoms with E-state index in [2.05, 4.69) is 45.5 Å². The zero-order chi connectivity index (χ0) is 13.2. The van der Waals surface area contributed by atoms with Crippen LogP contribution in [0.2, 0.25) is 0 Å². The van der Waals surface area contributed by atoms with Crippen molar-refractivity contribution >= 4 is 15.9 Å². The lowest BCUT2D eigenvalue weighted by Gasteiger charge is -2.30. The molecule has 0 amide bonds. The summed E-state index contributed by atoms with van der Waals surface area (Å²) in [6.07, 6.45) is 1.16. The van der Waals surface area contributed by atoms with Gasteiger partial charge < -0.3 is 5.32 Å². The van der Waals surface area contributed by atoms with Gasteiger partial charge in [0.2, 0.25) is 0 Å². The Bertz CT molecular complexity index is 597. The first-order valence-corrected chi connectivity index (χ1v) is 7.26. The van der Waals surface area contributed by atoms with Gasteiger partial charge in [-0.1, -0.05) is 46.3 Å². The summed E-state index contributed by atoms with van der Waals surface area (Å²) in [4.78, 5) is 0. The van der Waals surface area contributed by atoms with Gasteiger partial charge in [0, 0.05) is 23.5 Å². The van der Waals surface area contributed by atoms with Crippen molar-refractivity contribution in [1.82, 2.24) is 5.32 Å². The molecule has 1 N–H and O–H groups in total. The molecule has 0 saturated heterocycles. The monoisotopic (exact) mass is 319 g/mol. The molecule has 0 bridgehead atoms. The second-order valence-corrected chi connectivity index (χ2v) is 5.82. The lowest BCUT2D eigenvalue weighted by Crippen LogP contribution is -2.28. The average molecular weight is 320 g/mol. The molecule has 0 radical (unpaired) electrons. The van der Waals surface area contributed by atoms with E-state index in [4.69, 9.17) is 0 Å². The molecule has 3 heteroatoms. The minimum absolute atomic E-state index is 0.205. The smallest absolute Gasteiger partial charge is 0.124 e. The van der Waals surface area contributed by atoms with E-state index in [-0.39, 0.29) is 5.82 Å². The third-order valence-electron chi connectivity index (χ3n) is 3.68. The first-order chi connectivity index (χ1) is 9.24. The first kappa shape index (κ1) is 12.8. The van der Waals surface area contributed by atoms with E-state index >= 15 is 0 Å². The summed E-state index contributed by atoms with van der Waals surface area (Å²) in [7, 11) is 0. The van der Waals surface area contributed by atoms with Crippen LogP contribution in [0.1, 0.15) is 22.6 Å². The molecule has 1 nitrogen and oxygen atoms in total. The van der Waals surface area contributed by atoms with Gasteiger partial charge in [0.1, 0.15) is 5.82 Å². The fourth-order valence-corrected chi connectivity index (χ4v) is 3.08. The molecule has 2 aromatic carbocycles. The maximum absolute atomic E-state index is 13.0. The molecule has 0 heterocycles. The summed E-state index contributed by atoms with van der Waals surface area (Å²) in [5.41, 5.74) is 4.03. The maximum atomic E-state index is 13.0. The Kier molecular flexibility index (Phi) is 3.67. The van der Waals surface area contributed by atoms with Crippen molar-refractivity contribution in [3.63, 3.8) is 0 Å². The Balaban J connectivity index is 1.55. The van der Waals surface area contributed by atoms with Crippen molar-refractivity contribution < 1.29 is 4.39 Å². The van der Waals surface area contributed by atoms with Gasteiger partial charge in [-0.15, -0.1) is 0 Å². The summed E-state index contributed by atoms with van der Waals surface area (Å²) in [5.74, 6) is 0.416. The second-order valence-electron chi connectivity index (χ2n) is 4.97. The number of halogens is 2. The molecule has 0 saturated carbocycles. The van der Waals surface area contributed by atoms with E-state index in [1.165, 1.54) is 23.3 Å². The van der Waals surface area contributed by atoms with Gasteiger partial charge in [0.25, 0.3) is 0 Å². The van der Waals surface area contributed by atoms with Crippen LogP contribution >= 0.6 is 15.9 Å². The van der Waals surface area contributed by atoms with Crippen molar-refractivity contribution in [3.8, 4) is 0 Å². The Labute approximate surface area is 121 Å². The lowest BCUT2D eigenvalue weighted by molar-refractivity contribution is 0.534. The second kappa shape index (κ2) is 5.43. The fourth-order valence-electron chi connectivity index (χ4n) is 2.59. The standard InChI is InChI=1S/C16H15BrFN/c17-16-8-14(18)6-5-12(16)9-19-10-13-7-11-3-1-2-4-15(11)13/h1-6,8,13,19H,7,9-10H2. The Morgan fingerprint density at radius 3 is 2.84 bits per heavy atom. The fraction of sp³-hybridized carbons (Fsp3) is 0.250. The molecule has 3 rings (SSSR count). The molecule has 2 aromatic rings. The highest BCUT2D eigenvalue weighted by Gasteiger charge is 2.24. The van der Waals surface area contributed by atoms with Gasteiger partial charge >= 0.3 is 0 Å². The lowest BCUT2D eigenvalue weighted by atomic mass is 9.77. The predicted octanol–water partition coefficient (Wildman–Crippen LogP) is 4.02. The summed E-state index contributed by atoms with van der Waals surface area (Å²) in [6.45, 7) is 1.74. The molecule has 98 valence electrons. The van der Waals surface area contributed by atoms with Crippen molar-refractivity contribution in [2.24, 2.45) is 0 Å².